The highest BCUT2D eigenvalue weighted by atomic mass is 127. The lowest BCUT2D eigenvalue weighted by Gasteiger charge is -2.07. The Hall–Kier alpha value is -1.31. The number of phenols is 1. The minimum Gasteiger partial charge on any atom is -0.507 e. The van der Waals surface area contributed by atoms with Crippen molar-refractivity contribution >= 4 is 22.6 Å². The first-order valence-electron chi connectivity index (χ1n) is 4.90. The molecule has 0 aliphatic heterocycles. The number of aromatic hydroxyl groups is 1. The van der Waals surface area contributed by atoms with Gasteiger partial charge in [-0.25, -0.2) is 0 Å². The molecule has 0 aliphatic carbocycles. The normalized spacial score (nSPS) is 11.6. The highest BCUT2D eigenvalue weighted by Crippen LogP contribution is 2.30. The van der Waals surface area contributed by atoms with Crippen LogP contribution in [0, 0.1) is 3.57 Å². The van der Waals surface area contributed by atoms with Crippen LogP contribution in [0.3, 0.4) is 0 Å². The molecule has 1 aromatic heterocycles. The van der Waals surface area contributed by atoms with Crippen LogP contribution in [0.1, 0.15) is 5.69 Å². The number of hydrogen-bond acceptors (Lipinski definition) is 2. The van der Waals surface area contributed by atoms with Crippen LogP contribution in [0.15, 0.2) is 36.5 Å². The topological polar surface area (TPSA) is 33.1 Å². The molecule has 1 aromatic carbocycles. The van der Waals surface area contributed by atoms with Crippen LogP contribution in [0.5, 0.6) is 5.75 Å². The lowest BCUT2D eigenvalue weighted by molar-refractivity contribution is -0.141. The number of pyridine rings is 1. The summed E-state index contributed by atoms with van der Waals surface area (Å²) >= 11 is 1.95. The molecule has 6 heteroatoms. The third kappa shape index (κ3) is 2.74. The zero-order valence-electron chi connectivity index (χ0n) is 8.87. The Kier molecular flexibility index (Phi) is 3.47. The minimum absolute atomic E-state index is 0.138. The SMILES string of the molecule is Oc1ccc(-c2ccc(C(F)(F)F)nc2)cc1I. The molecule has 0 unspecified atom stereocenters. The van der Waals surface area contributed by atoms with Gasteiger partial charge in [-0.2, -0.15) is 13.2 Å². The Morgan fingerprint density at radius 2 is 1.72 bits per heavy atom. The number of rotatable bonds is 1. The van der Waals surface area contributed by atoms with Crippen LogP contribution < -0.4 is 0 Å². The summed E-state index contributed by atoms with van der Waals surface area (Å²) in [5.74, 6) is 0.138. The molecular formula is C12H7F3INO. The van der Waals surface area contributed by atoms with E-state index in [-0.39, 0.29) is 5.75 Å². The van der Waals surface area contributed by atoms with Crippen molar-refractivity contribution in [2.75, 3.05) is 0 Å². The van der Waals surface area contributed by atoms with Gasteiger partial charge in [0.15, 0.2) is 0 Å². The van der Waals surface area contributed by atoms with E-state index in [1.807, 2.05) is 22.6 Å². The fourth-order valence-corrected chi connectivity index (χ4v) is 1.93. The summed E-state index contributed by atoms with van der Waals surface area (Å²) in [4.78, 5) is 3.39. The maximum atomic E-state index is 12.3. The minimum atomic E-state index is -4.43. The standard InChI is InChI=1S/C12H7F3INO/c13-12(14,15)11-4-2-8(6-17-11)7-1-3-10(18)9(16)5-7/h1-6,18H. The molecule has 0 spiro atoms. The molecule has 0 bridgehead atoms. The number of nitrogens with zero attached hydrogens (tertiary/aromatic N) is 1. The smallest absolute Gasteiger partial charge is 0.433 e. The van der Waals surface area contributed by atoms with Gasteiger partial charge < -0.3 is 5.11 Å². The summed E-state index contributed by atoms with van der Waals surface area (Å²) in [6.45, 7) is 0. The van der Waals surface area contributed by atoms with E-state index in [0.29, 0.717) is 14.7 Å². The van der Waals surface area contributed by atoms with Gasteiger partial charge in [0, 0.05) is 11.8 Å². The van der Waals surface area contributed by atoms with Crippen LogP contribution in [-0.4, -0.2) is 10.1 Å². The van der Waals surface area contributed by atoms with Gasteiger partial charge in [-0.1, -0.05) is 12.1 Å². The Bertz CT molecular complexity index is 567. The highest BCUT2D eigenvalue weighted by molar-refractivity contribution is 14.1. The van der Waals surface area contributed by atoms with Gasteiger partial charge in [-0.05, 0) is 46.4 Å². The van der Waals surface area contributed by atoms with Crippen LogP contribution in [-0.2, 0) is 6.18 Å². The van der Waals surface area contributed by atoms with E-state index in [1.54, 1.807) is 12.1 Å². The second-order valence-electron chi connectivity index (χ2n) is 3.60. The van der Waals surface area contributed by atoms with Gasteiger partial charge in [-0.3, -0.25) is 4.98 Å². The number of halogens is 4. The summed E-state index contributed by atoms with van der Waals surface area (Å²) < 4.78 is 37.7. The first kappa shape index (κ1) is 13.1. The van der Waals surface area contributed by atoms with E-state index < -0.39 is 11.9 Å². The van der Waals surface area contributed by atoms with Gasteiger partial charge in [-0.15, -0.1) is 0 Å². The number of alkyl halides is 3. The molecule has 0 saturated heterocycles. The molecule has 1 N–H and O–H groups in total. The molecule has 0 fully saturated rings. The van der Waals surface area contributed by atoms with E-state index in [0.717, 1.165) is 6.07 Å². The average Bonchev–Trinajstić information content (AvgIpc) is 2.32. The van der Waals surface area contributed by atoms with E-state index in [1.165, 1.54) is 18.3 Å². The summed E-state index contributed by atoms with van der Waals surface area (Å²) in [7, 11) is 0. The lowest BCUT2D eigenvalue weighted by Crippen LogP contribution is -2.07. The molecule has 2 aromatic rings. The van der Waals surface area contributed by atoms with Crippen LogP contribution in [0.25, 0.3) is 11.1 Å². The third-order valence-corrected chi connectivity index (χ3v) is 3.20. The first-order valence-corrected chi connectivity index (χ1v) is 5.98. The van der Waals surface area contributed by atoms with Crippen molar-refractivity contribution in [3.63, 3.8) is 0 Å². The summed E-state index contributed by atoms with van der Waals surface area (Å²) in [5, 5.41) is 9.37. The monoisotopic (exact) mass is 365 g/mol. The Morgan fingerprint density at radius 3 is 2.22 bits per heavy atom. The molecule has 18 heavy (non-hydrogen) atoms. The van der Waals surface area contributed by atoms with Crippen molar-refractivity contribution in [1.82, 2.24) is 4.98 Å². The largest absolute Gasteiger partial charge is 0.507 e. The van der Waals surface area contributed by atoms with Crippen molar-refractivity contribution in [2.24, 2.45) is 0 Å². The predicted molar refractivity (Wildman–Crippen MR) is 69.1 cm³/mol. The zero-order chi connectivity index (χ0) is 13.3. The summed E-state index contributed by atoms with van der Waals surface area (Å²) in [5.41, 5.74) is 0.360. The highest BCUT2D eigenvalue weighted by Gasteiger charge is 2.32. The van der Waals surface area contributed by atoms with Crippen molar-refractivity contribution in [3.8, 4) is 16.9 Å². The Morgan fingerprint density at radius 1 is 1.06 bits per heavy atom. The van der Waals surface area contributed by atoms with E-state index in [9.17, 15) is 18.3 Å². The quantitative estimate of drug-likeness (QED) is 0.773. The maximum absolute atomic E-state index is 12.3. The molecular weight excluding hydrogens is 358 g/mol. The molecule has 0 amide bonds. The molecule has 2 nitrogen and oxygen atoms in total. The molecule has 0 saturated carbocycles. The van der Waals surface area contributed by atoms with E-state index >= 15 is 0 Å². The predicted octanol–water partition coefficient (Wildman–Crippen LogP) is 4.08. The van der Waals surface area contributed by atoms with Gasteiger partial charge in [0.2, 0.25) is 0 Å². The number of aromatic nitrogens is 1. The van der Waals surface area contributed by atoms with Crippen molar-refractivity contribution in [1.29, 1.82) is 0 Å². The summed E-state index contributed by atoms with van der Waals surface area (Å²) in [6.07, 6.45) is -3.26. The molecule has 0 aliphatic rings. The van der Waals surface area contributed by atoms with Crippen LogP contribution in [0.4, 0.5) is 13.2 Å². The van der Waals surface area contributed by atoms with Crippen molar-refractivity contribution in [2.45, 2.75) is 6.18 Å². The Balaban J connectivity index is 2.37. The van der Waals surface area contributed by atoms with Crippen LogP contribution in [0.2, 0.25) is 0 Å². The molecule has 2 rings (SSSR count). The lowest BCUT2D eigenvalue weighted by atomic mass is 10.1. The maximum Gasteiger partial charge on any atom is 0.433 e. The third-order valence-electron chi connectivity index (χ3n) is 2.33. The molecule has 1 heterocycles. The van der Waals surface area contributed by atoms with Crippen molar-refractivity contribution in [3.05, 3.63) is 45.8 Å². The average molecular weight is 365 g/mol. The molecule has 94 valence electrons. The molecule has 0 atom stereocenters. The van der Waals surface area contributed by atoms with Crippen LogP contribution >= 0.6 is 22.6 Å². The van der Waals surface area contributed by atoms with E-state index in [4.69, 9.17) is 0 Å². The molecule has 0 radical (unpaired) electrons. The fraction of sp³-hybridized carbons (Fsp3) is 0.0833. The fourth-order valence-electron chi connectivity index (χ4n) is 1.42. The second kappa shape index (κ2) is 4.75. The van der Waals surface area contributed by atoms with Gasteiger partial charge >= 0.3 is 6.18 Å². The van der Waals surface area contributed by atoms with Crippen molar-refractivity contribution < 1.29 is 18.3 Å². The Labute approximate surface area is 115 Å². The van der Waals surface area contributed by atoms with E-state index in [2.05, 4.69) is 4.98 Å². The first-order chi connectivity index (χ1) is 8.38. The number of hydrogen-bond donors (Lipinski definition) is 1. The summed E-state index contributed by atoms with van der Waals surface area (Å²) in [6, 6.07) is 7.10. The second-order valence-corrected chi connectivity index (χ2v) is 4.76. The van der Waals surface area contributed by atoms with Gasteiger partial charge in [0.1, 0.15) is 11.4 Å². The zero-order valence-corrected chi connectivity index (χ0v) is 11.0. The number of phenolic OH excluding ortho intramolecular Hbond substituents is 1. The van der Waals surface area contributed by atoms with Gasteiger partial charge in [0.25, 0.3) is 0 Å². The van der Waals surface area contributed by atoms with Gasteiger partial charge in [0.05, 0.1) is 3.57 Å². The number of benzene rings is 1.